The Morgan fingerprint density at radius 2 is 2.08 bits per heavy atom. The fourth-order valence-corrected chi connectivity index (χ4v) is 3.95. The minimum absolute atomic E-state index is 0.221. The van der Waals surface area contributed by atoms with Crippen LogP contribution in [0.5, 0.6) is 0 Å². The summed E-state index contributed by atoms with van der Waals surface area (Å²) in [7, 11) is 1.56. The van der Waals surface area contributed by atoms with Crippen LogP contribution in [0, 0.1) is 3.57 Å². The average Bonchev–Trinajstić information content (AvgIpc) is 3.06. The molecule has 26 heavy (non-hydrogen) atoms. The Labute approximate surface area is 170 Å². The van der Waals surface area contributed by atoms with Gasteiger partial charge in [-0.05, 0) is 53.8 Å². The molecule has 2 heterocycles. The van der Waals surface area contributed by atoms with Gasteiger partial charge < -0.3 is 5.32 Å². The van der Waals surface area contributed by atoms with E-state index in [0.29, 0.717) is 17.2 Å². The van der Waals surface area contributed by atoms with Gasteiger partial charge in [-0.2, -0.15) is 9.78 Å². The van der Waals surface area contributed by atoms with Crippen molar-refractivity contribution in [3.63, 3.8) is 0 Å². The normalized spacial score (nSPS) is 12.0. The molecular formula is C16H14BrIN6O2. The van der Waals surface area contributed by atoms with Crippen molar-refractivity contribution >= 4 is 44.4 Å². The highest BCUT2D eigenvalue weighted by Crippen LogP contribution is 2.19. The van der Waals surface area contributed by atoms with Crippen LogP contribution in [-0.2, 0) is 7.05 Å². The molecule has 0 radical (unpaired) electrons. The summed E-state index contributed by atoms with van der Waals surface area (Å²) in [5, 5.41) is 11.2. The number of halogens is 2. The van der Waals surface area contributed by atoms with E-state index in [1.807, 2.05) is 13.0 Å². The molecule has 10 heteroatoms. The summed E-state index contributed by atoms with van der Waals surface area (Å²) in [6.45, 7) is 1.81. The van der Waals surface area contributed by atoms with Crippen LogP contribution in [0.15, 0.2) is 45.9 Å². The number of benzene rings is 1. The summed E-state index contributed by atoms with van der Waals surface area (Å²) in [6.07, 6.45) is 1.38. The molecule has 1 atom stereocenters. The number of nitrogens with zero attached hydrogens (tertiary/aromatic N) is 5. The van der Waals surface area contributed by atoms with Gasteiger partial charge in [0.2, 0.25) is 0 Å². The first-order chi connectivity index (χ1) is 12.3. The topological polar surface area (TPSA) is 94.7 Å². The molecule has 0 aliphatic rings. The van der Waals surface area contributed by atoms with Gasteiger partial charge >= 0.3 is 0 Å². The van der Waals surface area contributed by atoms with Crippen LogP contribution in [-0.4, -0.2) is 30.5 Å². The van der Waals surface area contributed by atoms with Crippen molar-refractivity contribution in [1.29, 1.82) is 0 Å². The number of aromatic nitrogens is 5. The van der Waals surface area contributed by atoms with Crippen LogP contribution in [0.2, 0.25) is 0 Å². The van der Waals surface area contributed by atoms with E-state index < -0.39 is 6.04 Å². The summed E-state index contributed by atoms with van der Waals surface area (Å²) >= 11 is 5.55. The lowest BCUT2D eigenvalue weighted by atomic mass is 10.2. The number of hydrogen-bond donors (Lipinski definition) is 1. The minimum Gasteiger partial charge on any atom is -0.342 e. The number of carbonyl (C=O) groups excluding carboxylic acids is 1. The molecule has 0 unspecified atom stereocenters. The number of carbonyl (C=O) groups is 1. The largest absolute Gasteiger partial charge is 0.342 e. The summed E-state index contributed by atoms with van der Waals surface area (Å²) in [5.41, 5.74) is 0.322. The number of hydrogen-bond acceptors (Lipinski definition) is 5. The quantitative estimate of drug-likeness (QED) is 0.524. The molecule has 0 spiro atoms. The number of rotatable bonds is 4. The van der Waals surface area contributed by atoms with Gasteiger partial charge in [-0.1, -0.05) is 15.9 Å². The highest BCUT2D eigenvalue weighted by molar-refractivity contribution is 14.1. The van der Waals surface area contributed by atoms with Gasteiger partial charge in [0, 0.05) is 26.7 Å². The van der Waals surface area contributed by atoms with Crippen molar-refractivity contribution in [3.8, 4) is 5.82 Å². The summed E-state index contributed by atoms with van der Waals surface area (Å²) in [5.74, 6) is 0.728. The molecule has 3 rings (SSSR count). The van der Waals surface area contributed by atoms with E-state index in [4.69, 9.17) is 0 Å². The predicted octanol–water partition coefficient (Wildman–Crippen LogP) is 2.22. The van der Waals surface area contributed by atoms with E-state index in [1.165, 1.54) is 21.8 Å². The summed E-state index contributed by atoms with van der Waals surface area (Å²) in [4.78, 5) is 28.3. The van der Waals surface area contributed by atoms with Crippen LogP contribution in [0.3, 0.4) is 0 Å². The van der Waals surface area contributed by atoms with E-state index >= 15 is 0 Å². The van der Waals surface area contributed by atoms with Crippen LogP contribution in [0.25, 0.3) is 5.82 Å². The Bertz CT molecular complexity index is 1010. The monoisotopic (exact) mass is 528 g/mol. The maximum absolute atomic E-state index is 12.5. The third-order valence-electron chi connectivity index (χ3n) is 3.60. The van der Waals surface area contributed by atoms with Gasteiger partial charge in [-0.15, -0.1) is 5.10 Å². The molecule has 0 aliphatic carbocycles. The van der Waals surface area contributed by atoms with Gasteiger partial charge in [0.25, 0.3) is 11.5 Å². The molecule has 8 nitrogen and oxygen atoms in total. The van der Waals surface area contributed by atoms with Gasteiger partial charge in [-0.25, -0.2) is 9.67 Å². The average molecular weight is 529 g/mol. The molecule has 1 N–H and O–H groups in total. The number of nitrogens with one attached hydrogen (secondary N) is 1. The first-order valence-corrected chi connectivity index (χ1v) is 9.44. The lowest BCUT2D eigenvalue weighted by molar-refractivity contribution is 0.0937. The zero-order valence-electron chi connectivity index (χ0n) is 13.8. The molecule has 3 aromatic rings. The van der Waals surface area contributed by atoms with Gasteiger partial charge in [-0.3, -0.25) is 9.59 Å². The number of aryl methyl sites for hydroxylation is 1. The maximum Gasteiger partial charge on any atom is 0.266 e. The number of amides is 1. The highest BCUT2D eigenvalue weighted by Gasteiger charge is 2.19. The molecule has 1 aromatic carbocycles. The van der Waals surface area contributed by atoms with E-state index in [9.17, 15) is 9.59 Å². The van der Waals surface area contributed by atoms with E-state index in [0.717, 1.165) is 8.04 Å². The first kappa shape index (κ1) is 18.7. The third kappa shape index (κ3) is 4.01. The third-order valence-corrected chi connectivity index (χ3v) is 4.68. The minimum atomic E-state index is -0.416. The van der Waals surface area contributed by atoms with E-state index in [2.05, 4.69) is 59.0 Å². The lowest BCUT2D eigenvalue weighted by Crippen LogP contribution is -2.29. The molecule has 0 bridgehead atoms. The molecule has 0 saturated heterocycles. The smallest absolute Gasteiger partial charge is 0.266 e. The van der Waals surface area contributed by atoms with Gasteiger partial charge in [0.1, 0.15) is 6.33 Å². The van der Waals surface area contributed by atoms with Crippen molar-refractivity contribution in [2.45, 2.75) is 13.0 Å². The van der Waals surface area contributed by atoms with Crippen LogP contribution >= 0.6 is 38.5 Å². The van der Waals surface area contributed by atoms with Gasteiger partial charge in [0.05, 0.1) is 6.04 Å². The second-order valence-corrected chi connectivity index (χ2v) is 7.70. The molecule has 134 valence electrons. The van der Waals surface area contributed by atoms with Crippen molar-refractivity contribution in [1.82, 2.24) is 29.9 Å². The lowest BCUT2D eigenvalue weighted by Gasteiger charge is -2.15. The molecule has 0 fully saturated rings. The summed E-state index contributed by atoms with van der Waals surface area (Å²) < 4.78 is 4.50. The standard InChI is InChI=1S/C16H14BrIN6O2/c1-9(21-16(26)10-5-11(17)7-12(18)6-10)15-19-8-20-24(15)13-3-4-14(25)23(2)22-13/h3-9H,1-2H3,(H,21,26)/t9-/m0/s1. The molecule has 1 amide bonds. The van der Waals surface area contributed by atoms with Crippen molar-refractivity contribution in [3.05, 3.63) is 66.4 Å². The van der Waals surface area contributed by atoms with Crippen LogP contribution in [0.1, 0.15) is 29.1 Å². The Balaban J connectivity index is 1.86. The first-order valence-electron chi connectivity index (χ1n) is 7.57. The summed E-state index contributed by atoms with van der Waals surface area (Å²) in [6, 6.07) is 8.02. The van der Waals surface area contributed by atoms with E-state index in [1.54, 1.807) is 25.2 Å². The Morgan fingerprint density at radius 1 is 1.31 bits per heavy atom. The highest BCUT2D eigenvalue weighted by atomic mass is 127. The van der Waals surface area contributed by atoms with E-state index in [-0.39, 0.29) is 11.5 Å². The Hall–Kier alpha value is -2.08. The molecule has 2 aromatic heterocycles. The zero-order valence-corrected chi connectivity index (χ0v) is 17.6. The molecular weight excluding hydrogens is 515 g/mol. The van der Waals surface area contributed by atoms with Crippen LogP contribution in [0.4, 0.5) is 0 Å². The SMILES string of the molecule is C[C@H](NC(=O)c1cc(Br)cc(I)c1)c1ncnn1-c1ccc(=O)n(C)n1. The van der Waals surface area contributed by atoms with Crippen molar-refractivity contribution in [2.24, 2.45) is 7.05 Å². The zero-order chi connectivity index (χ0) is 18.8. The Kier molecular flexibility index (Phi) is 5.51. The second-order valence-electron chi connectivity index (χ2n) is 5.54. The predicted molar refractivity (Wildman–Crippen MR) is 107 cm³/mol. The second kappa shape index (κ2) is 7.66. The fourth-order valence-electron chi connectivity index (χ4n) is 2.35. The van der Waals surface area contributed by atoms with Gasteiger partial charge in [0.15, 0.2) is 11.6 Å². The fraction of sp³-hybridized carbons (Fsp3) is 0.188. The maximum atomic E-state index is 12.5. The van der Waals surface area contributed by atoms with Crippen molar-refractivity contribution < 1.29 is 4.79 Å². The molecule has 0 saturated carbocycles. The van der Waals surface area contributed by atoms with Crippen LogP contribution < -0.4 is 10.9 Å². The molecule has 0 aliphatic heterocycles. The van der Waals surface area contributed by atoms with Crippen molar-refractivity contribution in [2.75, 3.05) is 0 Å². The Morgan fingerprint density at radius 3 is 2.77 bits per heavy atom.